The average molecular weight is 420 g/mol. The van der Waals surface area contributed by atoms with E-state index in [2.05, 4.69) is 10.2 Å². The third kappa shape index (κ3) is 3.24. The maximum Gasteiger partial charge on any atom is 0.242 e. The van der Waals surface area contributed by atoms with Crippen LogP contribution in [0.3, 0.4) is 0 Å². The Balaban J connectivity index is 1.40. The van der Waals surface area contributed by atoms with E-state index in [4.69, 9.17) is 21.1 Å². The largest absolute Gasteiger partial charge is 0.454 e. The molecule has 1 N–H and O–H groups in total. The number of rotatable bonds is 3. The molecule has 29 heavy (non-hydrogen) atoms. The van der Waals surface area contributed by atoms with Gasteiger partial charge >= 0.3 is 0 Å². The molecule has 7 nitrogen and oxygen atoms in total. The molecule has 1 aromatic rings. The summed E-state index contributed by atoms with van der Waals surface area (Å²) in [6.45, 7) is 2.61. The Morgan fingerprint density at radius 2 is 2.00 bits per heavy atom. The molecule has 3 fully saturated rings. The number of nitrogens with one attached hydrogen (secondary N) is 1. The van der Waals surface area contributed by atoms with Crippen LogP contribution in [0.4, 0.5) is 0 Å². The predicted octanol–water partition coefficient (Wildman–Crippen LogP) is 2.02. The van der Waals surface area contributed by atoms with Crippen LogP contribution in [0.15, 0.2) is 12.1 Å². The highest BCUT2D eigenvalue weighted by molar-refractivity contribution is 6.31. The van der Waals surface area contributed by atoms with Gasteiger partial charge < -0.3 is 19.7 Å². The molecule has 0 saturated carbocycles. The Labute approximate surface area is 175 Å². The number of halogens is 1. The third-order valence-corrected chi connectivity index (χ3v) is 7.22. The van der Waals surface area contributed by atoms with Crippen LogP contribution in [0.2, 0.25) is 5.02 Å². The number of piperidine rings is 3. The molecule has 0 aromatic heterocycles. The SMILES string of the molecule is CNC(=O)[C@H]1[C@H]2C[C@H](CN(Cc3cc4c(cc3Cl)OCO4)C2)[C@@H]2CCCC(=O)N21. The highest BCUT2D eigenvalue weighted by Crippen LogP contribution is 2.43. The smallest absolute Gasteiger partial charge is 0.242 e. The van der Waals surface area contributed by atoms with Crippen molar-refractivity contribution in [2.45, 2.75) is 44.3 Å². The Hall–Kier alpha value is -1.99. The lowest BCUT2D eigenvalue weighted by Gasteiger charge is -2.55. The molecule has 4 heterocycles. The molecule has 3 saturated heterocycles. The molecule has 0 spiro atoms. The van der Waals surface area contributed by atoms with Gasteiger partial charge in [0.25, 0.3) is 0 Å². The fraction of sp³-hybridized carbons (Fsp3) is 0.619. The second-order valence-electron chi connectivity index (χ2n) is 8.57. The molecule has 8 heteroatoms. The molecule has 0 aliphatic carbocycles. The molecule has 4 aliphatic rings. The minimum Gasteiger partial charge on any atom is -0.454 e. The summed E-state index contributed by atoms with van der Waals surface area (Å²) in [4.78, 5) is 29.8. The Morgan fingerprint density at radius 1 is 1.24 bits per heavy atom. The molecule has 2 amide bonds. The van der Waals surface area contributed by atoms with Crippen molar-refractivity contribution in [3.8, 4) is 11.5 Å². The van der Waals surface area contributed by atoms with E-state index >= 15 is 0 Å². The molecule has 1 aromatic carbocycles. The fourth-order valence-electron chi connectivity index (χ4n) is 5.69. The third-order valence-electron chi connectivity index (χ3n) is 6.87. The normalized spacial score (nSPS) is 30.8. The van der Waals surface area contributed by atoms with Crippen LogP contribution in [0.25, 0.3) is 0 Å². The van der Waals surface area contributed by atoms with Crippen molar-refractivity contribution >= 4 is 23.4 Å². The summed E-state index contributed by atoms with van der Waals surface area (Å²) >= 11 is 6.50. The number of fused-ring (bicyclic) bond motifs is 5. The van der Waals surface area contributed by atoms with Crippen molar-refractivity contribution in [3.05, 3.63) is 22.7 Å². The first-order chi connectivity index (χ1) is 14.0. The highest BCUT2D eigenvalue weighted by atomic mass is 35.5. The minimum atomic E-state index is -0.371. The zero-order chi connectivity index (χ0) is 20.1. The Morgan fingerprint density at radius 3 is 2.79 bits per heavy atom. The maximum atomic E-state index is 12.7. The van der Waals surface area contributed by atoms with E-state index < -0.39 is 0 Å². The first-order valence-corrected chi connectivity index (χ1v) is 10.8. The molecule has 0 radical (unpaired) electrons. The van der Waals surface area contributed by atoms with Gasteiger partial charge in [0.05, 0.1) is 0 Å². The average Bonchev–Trinajstić information content (AvgIpc) is 3.16. The Kier molecular flexibility index (Phi) is 4.82. The number of amides is 2. The predicted molar refractivity (Wildman–Crippen MR) is 107 cm³/mol. The van der Waals surface area contributed by atoms with Crippen molar-refractivity contribution < 1.29 is 19.1 Å². The first kappa shape index (κ1) is 19.0. The molecule has 0 unspecified atom stereocenters. The van der Waals surface area contributed by atoms with E-state index in [1.807, 2.05) is 17.0 Å². The maximum absolute atomic E-state index is 12.7. The van der Waals surface area contributed by atoms with E-state index in [9.17, 15) is 9.59 Å². The van der Waals surface area contributed by atoms with Gasteiger partial charge in [-0.05, 0) is 36.8 Å². The van der Waals surface area contributed by atoms with Crippen LogP contribution in [-0.4, -0.2) is 60.6 Å². The van der Waals surface area contributed by atoms with Crippen molar-refractivity contribution in [3.63, 3.8) is 0 Å². The highest BCUT2D eigenvalue weighted by Gasteiger charge is 2.51. The lowest BCUT2D eigenvalue weighted by Crippen LogP contribution is -2.68. The van der Waals surface area contributed by atoms with Crippen molar-refractivity contribution in [1.29, 1.82) is 0 Å². The number of hydrogen-bond donors (Lipinski definition) is 1. The van der Waals surface area contributed by atoms with Crippen LogP contribution in [-0.2, 0) is 16.1 Å². The van der Waals surface area contributed by atoms with Crippen LogP contribution in [0, 0.1) is 11.8 Å². The summed E-state index contributed by atoms with van der Waals surface area (Å²) in [7, 11) is 1.66. The number of hydrogen-bond acceptors (Lipinski definition) is 5. The second-order valence-corrected chi connectivity index (χ2v) is 8.97. The fourth-order valence-corrected chi connectivity index (χ4v) is 5.90. The first-order valence-electron chi connectivity index (χ1n) is 10.4. The molecule has 5 rings (SSSR count). The quantitative estimate of drug-likeness (QED) is 0.811. The Bertz CT molecular complexity index is 847. The van der Waals surface area contributed by atoms with Gasteiger partial charge in [0.2, 0.25) is 18.6 Å². The van der Waals surface area contributed by atoms with Gasteiger partial charge in [0, 0.05) is 56.2 Å². The van der Waals surface area contributed by atoms with Crippen LogP contribution >= 0.6 is 11.6 Å². The molecule has 156 valence electrons. The lowest BCUT2D eigenvalue weighted by atomic mass is 9.71. The minimum absolute atomic E-state index is 0.0448. The van der Waals surface area contributed by atoms with E-state index in [1.54, 1.807) is 7.05 Å². The van der Waals surface area contributed by atoms with E-state index in [0.717, 1.165) is 43.7 Å². The summed E-state index contributed by atoms with van der Waals surface area (Å²) in [5, 5.41) is 3.46. The van der Waals surface area contributed by atoms with Gasteiger partial charge in [-0.1, -0.05) is 11.6 Å². The number of ether oxygens (including phenoxy) is 2. The van der Waals surface area contributed by atoms with Gasteiger partial charge in [-0.15, -0.1) is 0 Å². The summed E-state index contributed by atoms with van der Waals surface area (Å²) in [5.74, 6) is 2.04. The van der Waals surface area contributed by atoms with Gasteiger partial charge in [-0.2, -0.15) is 0 Å². The standard InChI is InChI=1S/C21H26ClN3O4/c1-23-21(27)20-14-5-13(16-3-2-4-19(26)25(16)20)9-24(10-14)8-12-6-17-18(7-15(12)22)29-11-28-17/h6-7,13-14,16,20H,2-5,8-11H2,1H3,(H,23,27)/t13-,14+,16+,20-/m1/s1. The van der Waals surface area contributed by atoms with Crippen LogP contribution < -0.4 is 14.8 Å². The van der Waals surface area contributed by atoms with E-state index in [0.29, 0.717) is 29.7 Å². The zero-order valence-corrected chi connectivity index (χ0v) is 17.3. The van der Waals surface area contributed by atoms with Crippen LogP contribution in [0.1, 0.15) is 31.2 Å². The van der Waals surface area contributed by atoms with Gasteiger partial charge in [-0.3, -0.25) is 14.5 Å². The number of benzene rings is 1. The number of carbonyl (C=O) groups excluding carboxylic acids is 2. The number of carbonyl (C=O) groups is 2. The molecular weight excluding hydrogens is 394 g/mol. The number of nitrogens with zero attached hydrogens (tertiary/aromatic N) is 2. The lowest BCUT2D eigenvalue weighted by molar-refractivity contribution is -0.160. The summed E-state index contributed by atoms with van der Waals surface area (Å²) in [6.07, 6.45) is 3.45. The van der Waals surface area contributed by atoms with Crippen LogP contribution in [0.5, 0.6) is 11.5 Å². The van der Waals surface area contributed by atoms with E-state index in [-0.39, 0.29) is 36.6 Å². The topological polar surface area (TPSA) is 71.1 Å². The molecule has 2 bridgehead atoms. The summed E-state index contributed by atoms with van der Waals surface area (Å²) in [6, 6.07) is 3.56. The van der Waals surface area contributed by atoms with Gasteiger partial charge in [0.15, 0.2) is 11.5 Å². The number of likely N-dealkylation sites (N-methyl/N-ethyl adjacent to an activating group) is 1. The molecule has 4 atom stereocenters. The summed E-state index contributed by atoms with van der Waals surface area (Å²) < 4.78 is 10.9. The zero-order valence-electron chi connectivity index (χ0n) is 16.5. The van der Waals surface area contributed by atoms with E-state index in [1.165, 1.54) is 0 Å². The monoisotopic (exact) mass is 419 g/mol. The van der Waals surface area contributed by atoms with Crippen molar-refractivity contribution in [2.75, 3.05) is 26.9 Å². The molecule has 4 aliphatic heterocycles. The number of likely N-dealkylation sites (tertiary alicyclic amines) is 1. The summed E-state index contributed by atoms with van der Waals surface area (Å²) in [5.41, 5.74) is 1.00. The van der Waals surface area contributed by atoms with Gasteiger partial charge in [0.1, 0.15) is 6.04 Å². The van der Waals surface area contributed by atoms with Crippen molar-refractivity contribution in [2.24, 2.45) is 11.8 Å². The molecular formula is C21H26ClN3O4. The van der Waals surface area contributed by atoms with Gasteiger partial charge in [-0.25, -0.2) is 0 Å². The van der Waals surface area contributed by atoms with Crippen molar-refractivity contribution in [1.82, 2.24) is 15.1 Å². The second kappa shape index (κ2) is 7.36.